The van der Waals surface area contributed by atoms with Gasteiger partial charge >= 0.3 is 6.16 Å². The Morgan fingerprint density at radius 3 is 2.47 bits per heavy atom. The summed E-state index contributed by atoms with van der Waals surface area (Å²) in [5.41, 5.74) is 0.333. The van der Waals surface area contributed by atoms with Crippen LogP contribution in [0.3, 0.4) is 0 Å². The van der Waals surface area contributed by atoms with Crippen LogP contribution in [0.1, 0.15) is 53.4 Å². The first kappa shape index (κ1) is 14.3. The highest BCUT2D eigenvalue weighted by Gasteiger charge is 2.37. The van der Waals surface area contributed by atoms with Crippen LogP contribution in [0.5, 0.6) is 0 Å². The van der Waals surface area contributed by atoms with E-state index in [1.807, 2.05) is 0 Å². The van der Waals surface area contributed by atoms with E-state index in [0.29, 0.717) is 17.3 Å². The maximum Gasteiger partial charge on any atom is 0.508 e. The van der Waals surface area contributed by atoms with Crippen LogP contribution in [-0.2, 0) is 9.47 Å². The fourth-order valence-electron chi connectivity index (χ4n) is 3.28. The van der Waals surface area contributed by atoms with Crippen molar-refractivity contribution in [1.29, 1.82) is 0 Å². The van der Waals surface area contributed by atoms with Crippen molar-refractivity contribution in [3.8, 4) is 0 Å². The maximum atomic E-state index is 11.1. The van der Waals surface area contributed by atoms with Gasteiger partial charge in [-0.3, -0.25) is 0 Å². The minimum atomic E-state index is -0.542. The van der Waals surface area contributed by atoms with E-state index >= 15 is 0 Å². The van der Waals surface area contributed by atoms with Crippen molar-refractivity contribution in [1.82, 2.24) is 0 Å². The monoisotopic (exact) mass is 242 g/mol. The van der Waals surface area contributed by atoms with Gasteiger partial charge in [-0.15, -0.1) is 0 Å². The maximum absolute atomic E-state index is 11.1. The molecule has 1 fully saturated rings. The van der Waals surface area contributed by atoms with Crippen LogP contribution < -0.4 is 0 Å². The van der Waals surface area contributed by atoms with Gasteiger partial charge < -0.3 is 9.47 Å². The van der Waals surface area contributed by atoms with Crippen molar-refractivity contribution in [2.75, 3.05) is 7.11 Å². The molecule has 0 heterocycles. The van der Waals surface area contributed by atoms with E-state index in [2.05, 4.69) is 32.4 Å². The summed E-state index contributed by atoms with van der Waals surface area (Å²) in [4.78, 5) is 11.1. The average molecular weight is 242 g/mol. The van der Waals surface area contributed by atoms with Crippen LogP contribution >= 0.6 is 0 Å². The Bertz CT molecular complexity index is 255. The third-order valence-corrected chi connectivity index (χ3v) is 3.98. The quantitative estimate of drug-likeness (QED) is 0.701. The Balaban J connectivity index is 2.51. The highest BCUT2D eigenvalue weighted by atomic mass is 16.7. The van der Waals surface area contributed by atoms with Crippen LogP contribution in [0.4, 0.5) is 4.79 Å². The molecule has 3 unspecified atom stereocenters. The molecule has 1 aliphatic rings. The van der Waals surface area contributed by atoms with Gasteiger partial charge in [-0.25, -0.2) is 4.79 Å². The normalized spacial score (nSPS) is 26.6. The Kier molecular flexibility index (Phi) is 4.84. The molecule has 1 aliphatic carbocycles. The van der Waals surface area contributed by atoms with E-state index in [1.165, 1.54) is 13.5 Å². The fourth-order valence-corrected chi connectivity index (χ4v) is 3.28. The van der Waals surface area contributed by atoms with Crippen molar-refractivity contribution < 1.29 is 14.3 Å². The molecule has 0 spiro atoms. The van der Waals surface area contributed by atoms with Crippen LogP contribution in [0, 0.1) is 17.3 Å². The lowest BCUT2D eigenvalue weighted by molar-refractivity contribution is 0.0348. The molecule has 100 valence electrons. The topological polar surface area (TPSA) is 35.5 Å². The van der Waals surface area contributed by atoms with Crippen LogP contribution in [0.15, 0.2) is 0 Å². The molecular formula is C14H26O3. The van der Waals surface area contributed by atoms with Gasteiger partial charge in [-0.05, 0) is 36.5 Å². The molecule has 3 atom stereocenters. The van der Waals surface area contributed by atoms with Crippen molar-refractivity contribution >= 4 is 6.16 Å². The number of methoxy groups -OCH3 is 1. The fraction of sp³-hybridized carbons (Fsp3) is 0.929. The zero-order valence-corrected chi connectivity index (χ0v) is 11.8. The Morgan fingerprint density at radius 2 is 2.00 bits per heavy atom. The summed E-state index contributed by atoms with van der Waals surface area (Å²) in [7, 11) is 1.36. The second kappa shape index (κ2) is 5.74. The van der Waals surface area contributed by atoms with Gasteiger partial charge in [0.05, 0.1) is 7.11 Å². The van der Waals surface area contributed by atoms with Gasteiger partial charge in [0.15, 0.2) is 0 Å². The first-order valence-electron chi connectivity index (χ1n) is 6.63. The molecule has 3 heteroatoms. The lowest BCUT2D eigenvalue weighted by atomic mass is 9.71. The zero-order valence-electron chi connectivity index (χ0n) is 11.8. The van der Waals surface area contributed by atoms with Crippen molar-refractivity contribution in [3.63, 3.8) is 0 Å². The molecule has 0 radical (unpaired) electrons. The molecule has 0 aliphatic heterocycles. The molecule has 0 saturated heterocycles. The smallest absolute Gasteiger partial charge is 0.438 e. The standard InChI is InChI=1S/C14H26O3/c1-6-12(14(2,3)4)10-7-8-11(9-10)17-13(15)16-5/h10-12H,6-9H2,1-5H3. The number of ether oxygens (including phenoxy) is 2. The van der Waals surface area contributed by atoms with E-state index in [1.54, 1.807) is 0 Å². The third-order valence-electron chi connectivity index (χ3n) is 3.98. The number of carbonyl (C=O) groups is 1. The number of hydrogen-bond donors (Lipinski definition) is 0. The first-order valence-corrected chi connectivity index (χ1v) is 6.63. The van der Waals surface area contributed by atoms with Crippen molar-refractivity contribution in [2.24, 2.45) is 17.3 Å². The molecule has 0 bridgehead atoms. The van der Waals surface area contributed by atoms with Crippen LogP contribution in [-0.4, -0.2) is 19.4 Å². The first-order chi connectivity index (χ1) is 7.88. The van der Waals surface area contributed by atoms with E-state index < -0.39 is 6.16 Å². The Labute approximate surface area is 105 Å². The molecule has 3 nitrogen and oxygen atoms in total. The van der Waals surface area contributed by atoms with Crippen molar-refractivity contribution in [2.45, 2.75) is 59.5 Å². The second-order valence-electron chi connectivity index (χ2n) is 6.15. The lowest BCUT2D eigenvalue weighted by Crippen LogP contribution is -2.27. The molecule has 1 saturated carbocycles. The summed E-state index contributed by atoms with van der Waals surface area (Å²) < 4.78 is 9.78. The number of carbonyl (C=O) groups excluding carboxylic acids is 1. The van der Waals surface area contributed by atoms with E-state index in [4.69, 9.17) is 4.74 Å². The molecule has 0 amide bonds. The summed E-state index contributed by atoms with van der Waals surface area (Å²) in [6.45, 7) is 9.16. The zero-order chi connectivity index (χ0) is 13.1. The van der Waals surface area contributed by atoms with E-state index in [0.717, 1.165) is 19.3 Å². The highest BCUT2D eigenvalue weighted by molar-refractivity contribution is 5.59. The minimum absolute atomic E-state index is 0.0591. The lowest BCUT2D eigenvalue weighted by Gasteiger charge is -2.34. The van der Waals surface area contributed by atoms with E-state index in [9.17, 15) is 4.79 Å². The number of hydrogen-bond acceptors (Lipinski definition) is 3. The Morgan fingerprint density at radius 1 is 1.35 bits per heavy atom. The van der Waals surface area contributed by atoms with Gasteiger partial charge in [0, 0.05) is 0 Å². The highest BCUT2D eigenvalue weighted by Crippen LogP contribution is 2.43. The average Bonchev–Trinajstić information content (AvgIpc) is 2.65. The molecule has 0 aromatic carbocycles. The van der Waals surface area contributed by atoms with E-state index in [-0.39, 0.29) is 6.10 Å². The van der Waals surface area contributed by atoms with Crippen molar-refractivity contribution in [3.05, 3.63) is 0 Å². The molecule has 0 aromatic rings. The molecule has 1 rings (SSSR count). The SMILES string of the molecule is CCC(C1CCC(OC(=O)OC)C1)C(C)(C)C. The number of rotatable bonds is 3. The van der Waals surface area contributed by atoms with Crippen LogP contribution in [0.25, 0.3) is 0 Å². The predicted molar refractivity (Wildman–Crippen MR) is 67.9 cm³/mol. The predicted octanol–water partition coefficient (Wildman–Crippen LogP) is 4.01. The summed E-state index contributed by atoms with van der Waals surface area (Å²) in [6.07, 6.45) is 3.84. The van der Waals surface area contributed by atoms with Gasteiger partial charge in [-0.1, -0.05) is 34.1 Å². The van der Waals surface area contributed by atoms with Gasteiger partial charge in [0.1, 0.15) is 6.10 Å². The van der Waals surface area contributed by atoms with Gasteiger partial charge in [-0.2, -0.15) is 0 Å². The molecule has 0 aromatic heterocycles. The van der Waals surface area contributed by atoms with Crippen LogP contribution in [0.2, 0.25) is 0 Å². The Hall–Kier alpha value is -0.730. The minimum Gasteiger partial charge on any atom is -0.438 e. The third kappa shape index (κ3) is 3.90. The largest absolute Gasteiger partial charge is 0.508 e. The molecular weight excluding hydrogens is 216 g/mol. The summed E-state index contributed by atoms with van der Waals surface area (Å²) >= 11 is 0. The van der Waals surface area contributed by atoms with Gasteiger partial charge in [0.25, 0.3) is 0 Å². The molecule has 0 N–H and O–H groups in total. The molecule has 17 heavy (non-hydrogen) atoms. The second-order valence-corrected chi connectivity index (χ2v) is 6.15. The summed E-state index contributed by atoms with van der Waals surface area (Å²) in [5.74, 6) is 1.38. The summed E-state index contributed by atoms with van der Waals surface area (Å²) in [6, 6.07) is 0. The summed E-state index contributed by atoms with van der Waals surface area (Å²) in [5, 5.41) is 0. The van der Waals surface area contributed by atoms with Gasteiger partial charge in [0.2, 0.25) is 0 Å².